The zero-order chi connectivity index (χ0) is 17.1. The summed E-state index contributed by atoms with van der Waals surface area (Å²) in [6.07, 6.45) is 7.63. The maximum atomic E-state index is 9.32. The second-order valence-corrected chi connectivity index (χ2v) is 6.59. The molecule has 126 valence electrons. The third-order valence-electron chi connectivity index (χ3n) is 5.01. The Bertz CT molecular complexity index is 731. The predicted molar refractivity (Wildman–Crippen MR) is 93.5 cm³/mol. The fraction of sp³-hybridized carbons (Fsp3) is 0.500. The zero-order valence-corrected chi connectivity index (χ0v) is 14.6. The number of hydrogen-bond donors (Lipinski definition) is 0. The van der Waals surface area contributed by atoms with Crippen molar-refractivity contribution in [3.63, 3.8) is 0 Å². The molecule has 1 fully saturated rings. The molecular formula is C18H24N6. The Morgan fingerprint density at radius 3 is 2.88 bits per heavy atom. The van der Waals surface area contributed by atoms with Gasteiger partial charge in [0.2, 0.25) is 0 Å². The highest BCUT2D eigenvalue weighted by Crippen LogP contribution is 2.36. The van der Waals surface area contributed by atoms with E-state index >= 15 is 0 Å². The van der Waals surface area contributed by atoms with Crippen molar-refractivity contribution >= 4 is 5.69 Å². The van der Waals surface area contributed by atoms with E-state index < -0.39 is 0 Å². The Morgan fingerprint density at radius 2 is 2.17 bits per heavy atom. The number of piperidine rings is 1. The second kappa shape index (κ2) is 7.02. The maximum absolute atomic E-state index is 9.32. The van der Waals surface area contributed by atoms with Crippen LogP contribution in [0, 0.1) is 17.2 Å². The number of nitrogens with zero attached hydrogens (tertiary/aromatic N) is 6. The molecule has 2 aromatic heterocycles. The van der Waals surface area contributed by atoms with Gasteiger partial charge in [-0.15, -0.1) is 0 Å². The summed E-state index contributed by atoms with van der Waals surface area (Å²) in [5.41, 5.74) is 2.83. The molecule has 1 aliphatic rings. The van der Waals surface area contributed by atoms with Gasteiger partial charge in [0.15, 0.2) is 0 Å². The number of anilines is 1. The first-order valence-corrected chi connectivity index (χ1v) is 8.35. The van der Waals surface area contributed by atoms with Gasteiger partial charge in [-0.3, -0.25) is 14.6 Å². The maximum Gasteiger partial charge on any atom is 0.103 e. The van der Waals surface area contributed by atoms with Crippen molar-refractivity contribution in [2.75, 3.05) is 32.1 Å². The summed E-state index contributed by atoms with van der Waals surface area (Å²) >= 11 is 0. The number of rotatable bonds is 4. The normalized spacial score (nSPS) is 21.4. The number of hydrogen-bond acceptors (Lipinski definition) is 5. The van der Waals surface area contributed by atoms with Crippen molar-refractivity contribution in [3.8, 4) is 6.07 Å². The molecule has 6 nitrogen and oxygen atoms in total. The highest BCUT2D eigenvalue weighted by Gasteiger charge is 2.33. The smallest absolute Gasteiger partial charge is 0.103 e. The lowest BCUT2D eigenvalue weighted by Gasteiger charge is -2.41. The molecule has 0 amide bonds. The van der Waals surface area contributed by atoms with Crippen LogP contribution in [0.4, 0.5) is 5.69 Å². The highest BCUT2D eigenvalue weighted by atomic mass is 15.3. The minimum Gasteiger partial charge on any atom is -0.373 e. The summed E-state index contributed by atoms with van der Waals surface area (Å²) in [6.45, 7) is 2.01. The van der Waals surface area contributed by atoms with Crippen LogP contribution in [0.25, 0.3) is 0 Å². The van der Waals surface area contributed by atoms with Crippen LogP contribution in [-0.2, 0) is 7.05 Å². The standard InChI is InChI=1S/C18H24N6/c1-22-10-4-5-14(18(22)17-7-9-21-24(17)3)13-23(2)16-6-8-20-12-15(16)11-19/h6-9,12,14,18H,4-5,10,13H2,1-3H3/t14-,18+/m0/s1. The molecule has 1 saturated heterocycles. The van der Waals surface area contributed by atoms with Gasteiger partial charge in [-0.25, -0.2) is 0 Å². The third kappa shape index (κ3) is 3.13. The van der Waals surface area contributed by atoms with Crippen molar-refractivity contribution < 1.29 is 0 Å². The Morgan fingerprint density at radius 1 is 1.33 bits per heavy atom. The Balaban J connectivity index is 1.84. The molecule has 0 bridgehead atoms. The lowest BCUT2D eigenvalue weighted by atomic mass is 9.86. The summed E-state index contributed by atoms with van der Waals surface area (Å²) < 4.78 is 1.98. The van der Waals surface area contributed by atoms with Crippen molar-refractivity contribution in [1.82, 2.24) is 19.7 Å². The number of nitriles is 1. The van der Waals surface area contributed by atoms with Crippen LogP contribution in [0.1, 0.15) is 30.1 Å². The molecule has 0 radical (unpaired) electrons. The SMILES string of the molecule is CN(C[C@@H]1CCCN(C)[C@H]1c1ccnn1C)c1ccncc1C#N. The highest BCUT2D eigenvalue weighted by molar-refractivity contribution is 5.57. The van der Waals surface area contributed by atoms with Crippen LogP contribution >= 0.6 is 0 Å². The van der Waals surface area contributed by atoms with Gasteiger partial charge in [0.05, 0.1) is 23.0 Å². The van der Waals surface area contributed by atoms with Crippen LogP contribution in [0.2, 0.25) is 0 Å². The molecule has 0 N–H and O–H groups in total. The molecule has 3 rings (SSSR count). The van der Waals surface area contributed by atoms with E-state index in [1.807, 2.05) is 24.0 Å². The minimum atomic E-state index is 0.348. The first kappa shape index (κ1) is 16.5. The van der Waals surface area contributed by atoms with Gasteiger partial charge < -0.3 is 4.90 Å². The van der Waals surface area contributed by atoms with Crippen LogP contribution in [0.3, 0.4) is 0 Å². The van der Waals surface area contributed by atoms with Gasteiger partial charge in [0.25, 0.3) is 0 Å². The Hall–Kier alpha value is -2.39. The first-order valence-electron chi connectivity index (χ1n) is 8.35. The molecule has 0 saturated carbocycles. The van der Waals surface area contributed by atoms with Crippen LogP contribution < -0.4 is 4.90 Å². The predicted octanol–water partition coefficient (Wildman–Crippen LogP) is 2.21. The molecule has 0 aromatic carbocycles. The van der Waals surface area contributed by atoms with E-state index in [-0.39, 0.29) is 0 Å². The van der Waals surface area contributed by atoms with Gasteiger partial charge in [-0.05, 0) is 44.5 Å². The summed E-state index contributed by atoms with van der Waals surface area (Å²) in [5.74, 6) is 0.490. The fourth-order valence-corrected chi connectivity index (χ4v) is 3.85. The number of aromatic nitrogens is 3. The van der Waals surface area contributed by atoms with E-state index in [2.05, 4.69) is 46.1 Å². The summed E-state index contributed by atoms with van der Waals surface area (Å²) in [5, 5.41) is 13.7. The molecule has 6 heteroatoms. The van der Waals surface area contributed by atoms with Gasteiger partial charge in [-0.2, -0.15) is 10.4 Å². The number of likely N-dealkylation sites (tertiary alicyclic amines) is 1. The van der Waals surface area contributed by atoms with Crippen molar-refractivity contribution in [2.24, 2.45) is 13.0 Å². The van der Waals surface area contributed by atoms with Gasteiger partial charge >= 0.3 is 0 Å². The summed E-state index contributed by atoms with van der Waals surface area (Å²) in [7, 11) is 6.26. The summed E-state index contributed by atoms with van der Waals surface area (Å²) in [4.78, 5) is 8.67. The summed E-state index contributed by atoms with van der Waals surface area (Å²) in [6, 6.07) is 6.63. The van der Waals surface area contributed by atoms with E-state index in [9.17, 15) is 5.26 Å². The molecule has 0 spiro atoms. The average Bonchev–Trinajstić information content (AvgIpc) is 3.00. The molecule has 0 unspecified atom stereocenters. The number of aryl methyl sites for hydroxylation is 1. The van der Waals surface area contributed by atoms with Crippen LogP contribution in [-0.4, -0.2) is 46.8 Å². The van der Waals surface area contributed by atoms with E-state index in [4.69, 9.17) is 0 Å². The van der Waals surface area contributed by atoms with Crippen molar-refractivity contribution in [3.05, 3.63) is 42.0 Å². The topological polar surface area (TPSA) is 61.0 Å². The lowest BCUT2D eigenvalue weighted by Crippen LogP contribution is -2.42. The zero-order valence-electron chi connectivity index (χ0n) is 14.6. The lowest BCUT2D eigenvalue weighted by molar-refractivity contribution is 0.118. The van der Waals surface area contributed by atoms with Crippen LogP contribution in [0.5, 0.6) is 0 Å². The van der Waals surface area contributed by atoms with E-state index in [0.29, 0.717) is 17.5 Å². The molecule has 3 heterocycles. The molecule has 1 aliphatic heterocycles. The second-order valence-electron chi connectivity index (χ2n) is 6.59. The third-order valence-corrected chi connectivity index (χ3v) is 5.01. The quantitative estimate of drug-likeness (QED) is 0.863. The largest absolute Gasteiger partial charge is 0.373 e. The van der Waals surface area contributed by atoms with Gasteiger partial charge in [-0.1, -0.05) is 0 Å². The monoisotopic (exact) mass is 324 g/mol. The van der Waals surface area contributed by atoms with Crippen molar-refractivity contribution in [1.29, 1.82) is 5.26 Å². The van der Waals surface area contributed by atoms with E-state index in [1.165, 1.54) is 18.5 Å². The molecule has 2 atom stereocenters. The molecule has 0 aliphatic carbocycles. The van der Waals surface area contributed by atoms with Crippen LogP contribution in [0.15, 0.2) is 30.7 Å². The average molecular weight is 324 g/mol. The minimum absolute atomic E-state index is 0.348. The number of pyridine rings is 1. The Labute approximate surface area is 143 Å². The van der Waals surface area contributed by atoms with E-state index in [1.54, 1.807) is 12.4 Å². The van der Waals surface area contributed by atoms with Gasteiger partial charge in [0, 0.05) is 39.2 Å². The molecule has 24 heavy (non-hydrogen) atoms. The Kier molecular flexibility index (Phi) is 4.81. The fourth-order valence-electron chi connectivity index (χ4n) is 3.85. The van der Waals surface area contributed by atoms with Crippen molar-refractivity contribution in [2.45, 2.75) is 18.9 Å². The first-order chi connectivity index (χ1) is 11.6. The molecular weight excluding hydrogens is 300 g/mol. The van der Waals surface area contributed by atoms with E-state index in [0.717, 1.165) is 18.8 Å². The molecule has 2 aromatic rings. The van der Waals surface area contributed by atoms with Gasteiger partial charge in [0.1, 0.15) is 6.07 Å².